The van der Waals surface area contributed by atoms with Crippen LogP contribution in [-0.2, 0) is 5.92 Å². The van der Waals surface area contributed by atoms with E-state index in [4.69, 9.17) is 5.11 Å². The number of β-amino-alcohol motifs (C(OH)–C–C–N with tert-alkyl or cyclic N) is 1. The monoisotopic (exact) mass is 213 g/mol. The van der Waals surface area contributed by atoms with Crippen LogP contribution in [0.25, 0.3) is 0 Å². The summed E-state index contributed by atoms with van der Waals surface area (Å²) in [5.74, 6) is -2.83. The summed E-state index contributed by atoms with van der Waals surface area (Å²) in [7, 11) is 0. The van der Waals surface area contributed by atoms with Crippen molar-refractivity contribution in [3.8, 4) is 0 Å². The van der Waals surface area contributed by atoms with Gasteiger partial charge in [0.1, 0.15) is 0 Å². The Morgan fingerprint density at radius 2 is 1.87 bits per heavy atom. The molecule has 0 aromatic heterocycles. The smallest absolute Gasteiger partial charge is 0.285 e. The summed E-state index contributed by atoms with van der Waals surface area (Å²) in [5.41, 5.74) is 0.0337. The van der Waals surface area contributed by atoms with Crippen LogP contribution >= 0.6 is 0 Å². The number of aliphatic hydroxyl groups is 1. The van der Waals surface area contributed by atoms with E-state index in [9.17, 15) is 8.78 Å². The van der Waals surface area contributed by atoms with Crippen molar-refractivity contribution in [1.29, 1.82) is 0 Å². The number of benzene rings is 1. The molecular formula is C11H13F2NO. The average Bonchev–Trinajstić information content (AvgIpc) is 2.17. The van der Waals surface area contributed by atoms with Crippen molar-refractivity contribution in [2.75, 3.05) is 19.6 Å². The lowest BCUT2D eigenvalue weighted by atomic mass is 10.1. The standard InChI is InChI=1S/C11H13F2NO/c12-11(13,8-14-6-10(15)7-14)9-4-2-1-3-5-9/h1-5,10,15H,6-8H2. The summed E-state index contributed by atoms with van der Waals surface area (Å²) in [6.07, 6.45) is -0.434. The van der Waals surface area contributed by atoms with Gasteiger partial charge in [0.2, 0.25) is 0 Å². The zero-order chi connectivity index (χ0) is 10.9. The Hall–Kier alpha value is -1.00. The molecule has 1 aromatic carbocycles. The fourth-order valence-corrected chi connectivity index (χ4v) is 1.73. The lowest BCUT2D eigenvalue weighted by molar-refractivity contribution is -0.0857. The van der Waals surface area contributed by atoms with Crippen molar-refractivity contribution < 1.29 is 13.9 Å². The maximum atomic E-state index is 13.6. The third-order valence-corrected chi connectivity index (χ3v) is 2.56. The van der Waals surface area contributed by atoms with Crippen LogP contribution in [0.5, 0.6) is 0 Å². The van der Waals surface area contributed by atoms with Crippen LogP contribution < -0.4 is 0 Å². The van der Waals surface area contributed by atoms with Gasteiger partial charge in [0.15, 0.2) is 0 Å². The van der Waals surface area contributed by atoms with Gasteiger partial charge in [-0.3, -0.25) is 4.90 Å². The minimum Gasteiger partial charge on any atom is -0.390 e. The van der Waals surface area contributed by atoms with E-state index in [1.165, 1.54) is 12.1 Å². The highest BCUT2D eigenvalue weighted by Crippen LogP contribution is 2.30. The first-order valence-corrected chi connectivity index (χ1v) is 4.92. The normalized spacial score (nSPS) is 18.9. The summed E-state index contributed by atoms with van der Waals surface area (Å²) in [6, 6.07) is 7.78. The number of halogens is 2. The molecule has 1 aliphatic rings. The van der Waals surface area contributed by atoms with E-state index < -0.39 is 12.0 Å². The maximum Gasteiger partial charge on any atom is 0.285 e. The number of likely N-dealkylation sites (tertiary alicyclic amines) is 1. The summed E-state index contributed by atoms with van der Waals surface area (Å²) < 4.78 is 27.3. The molecule has 0 aliphatic carbocycles. The van der Waals surface area contributed by atoms with Crippen molar-refractivity contribution in [2.45, 2.75) is 12.0 Å². The summed E-state index contributed by atoms with van der Waals surface area (Å²) in [5, 5.41) is 9.00. The molecule has 1 aromatic rings. The second kappa shape index (κ2) is 3.87. The zero-order valence-electron chi connectivity index (χ0n) is 8.24. The largest absolute Gasteiger partial charge is 0.390 e. The first kappa shape index (κ1) is 10.5. The first-order chi connectivity index (χ1) is 7.08. The van der Waals surface area contributed by atoms with Crippen LogP contribution in [0.2, 0.25) is 0 Å². The van der Waals surface area contributed by atoms with Crippen molar-refractivity contribution in [1.82, 2.24) is 4.90 Å². The van der Waals surface area contributed by atoms with Crippen molar-refractivity contribution >= 4 is 0 Å². The second-order valence-electron chi connectivity index (χ2n) is 3.92. The van der Waals surface area contributed by atoms with E-state index in [0.29, 0.717) is 13.1 Å². The van der Waals surface area contributed by atoms with Crippen LogP contribution in [0.15, 0.2) is 30.3 Å². The lowest BCUT2D eigenvalue weighted by Gasteiger charge is -2.37. The molecule has 0 radical (unpaired) electrons. The quantitative estimate of drug-likeness (QED) is 0.821. The van der Waals surface area contributed by atoms with Gasteiger partial charge in [-0.2, -0.15) is 8.78 Å². The van der Waals surface area contributed by atoms with Gasteiger partial charge in [-0.15, -0.1) is 0 Å². The van der Waals surface area contributed by atoms with Crippen LogP contribution in [0, 0.1) is 0 Å². The topological polar surface area (TPSA) is 23.5 Å². The molecule has 0 amide bonds. The molecule has 82 valence electrons. The number of aliphatic hydroxyl groups excluding tert-OH is 1. The maximum absolute atomic E-state index is 13.6. The van der Waals surface area contributed by atoms with Crippen LogP contribution in [0.3, 0.4) is 0 Å². The molecule has 1 heterocycles. The Balaban J connectivity index is 2.00. The SMILES string of the molecule is OC1CN(CC(F)(F)c2ccccc2)C1. The van der Waals surface area contributed by atoms with E-state index in [-0.39, 0.29) is 12.1 Å². The Labute approximate surface area is 87.1 Å². The van der Waals surface area contributed by atoms with E-state index >= 15 is 0 Å². The van der Waals surface area contributed by atoms with Gasteiger partial charge in [0.25, 0.3) is 5.92 Å². The third kappa shape index (κ3) is 2.33. The van der Waals surface area contributed by atoms with E-state index in [2.05, 4.69) is 0 Å². The predicted molar refractivity (Wildman–Crippen MR) is 52.8 cm³/mol. The molecule has 0 unspecified atom stereocenters. The Morgan fingerprint density at radius 1 is 1.27 bits per heavy atom. The minimum absolute atomic E-state index is 0.0337. The molecule has 0 bridgehead atoms. The van der Waals surface area contributed by atoms with Gasteiger partial charge < -0.3 is 5.11 Å². The van der Waals surface area contributed by atoms with Crippen molar-refractivity contribution in [3.05, 3.63) is 35.9 Å². The molecule has 1 aliphatic heterocycles. The number of hydrogen-bond donors (Lipinski definition) is 1. The molecule has 15 heavy (non-hydrogen) atoms. The van der Waals surface area contributed by atoms with Gasteiger partial charge in [-0.05, 0) is 0 Å². The Bertz CT molecular complexity index is 323. The molecular weight excluding hydrogens is 200 g/mol. The summed E-state index contributed by atoms with van der Waals surface area (Å²) in [4.78, 5) is 1.55. The molecule has 0 atom stereocenters. The number of alkyl halides is 2. The van der Waals surface area contributed by atoms with Crippen molar-refractivity contribution in [2.24, 2.45) is 0 Å². The number of rotatable bonds is 3. The van der Waals surface area contributed by atoms with E-state index in [0.717, 1.165) is 0 Å². The van der Waals surface area contributed by atoms with Gasteiger partial charge in [0, 0.05) is 18.7 Å². The minimum atomic E-state index is -2.83. The molecule has 2 rings (SSSR count). The summed E-state index contributed by atoms with van der Waals surface area (Å²) >= 11 is 0. The third-order valence-electron chi connectivity index (χ3n) is 2.56. The summed E-state index contributed by atoms with van der Waals surface area (Å²) in [6.45, 7) is 0.388. The fraction of sp³-hybridized carbons (Fsp3) is 0.455. The van der Waals surface area contributed by atoms with E-state index in [1.54, 1.807) is 23.1 Å². The number of nitrogens with zero attached hydrogens (tertiary/aromatic N) is 1. The molecule has 0 saturated carbocycles. The van der Waals surface area contributed by atoms with Gasteiger partial charge in [0.05, 0.1) is 12.6 Å². The van der Waals surface area contributed by atoms with Crippen LogP contribution in [-0.4, -0.2) is 35.7 Å². The lowest BCUT2D eigenvalue weighted by Crippen LogP contribution is -2.53. The molecule has 1 fully saturated rings. The molecule has 1 saturated heterocycles. The zero-order valence-corrected chi connectivity index (χ0v) is 8.24. The Morgan fingerprint density at radius 3 is 2.40 bits per heavy atom. The molecule has 2 nitrogen and oxygen atoms in total. The predicted octanol–water partition coefficient (Wildman–Crippen LogP) is 1.45. The van der Waals surface area contributed by atoms with Crippen LogP contribution in [0.1, 0.15) is 5.56 Å². The Kier molecular flexibility index (Phi) is 2.71. The van der Waals surface area contributed by atoms with Crippen molar-refractivity contribution in [3.63, 3.8) is 0 Å². The molecule has 4 heteroatoms. The fourth-order valence-electron chi connectivity index (χ4n) is 1.73. The molecule has 0 spiro atoms. The highest BCUT2D eigenvalue weighted by molar-refractivity contribution is 5.20. The highest BCUT2D eigenvalue weighted by Gasteiger charge is 2.37. The van der Waals surface area contributed by atoms with Gasteiger partial charge in [-0.25, -0.2) is 0 Å². The van der Waals surface area contributed by atoms with Gasteiger partial charge >= 0.3 is 0 Å². The van der Waals surface area contributed by atoms with Gasteiger partial charge in [-0.1, -0.05) is 30.3 Å². The highest BCUT2D eigenvalue weighted by atomic mass is 19.3. The average molecular weight is 213 g/mol. The number of hydrogen-bond acceptors (Lipinski definition) is 2. The first-order valence-electron chi connectivity index (χ1n) is 4.92. The second-order valence-corrected chi connectivity index (χ2v) is 3.92. The van der Waals surface area contributed by atoms with E-state index in [1.807, 2.05) is 0 Å². The molecule has 1 N–H and O–H groups in total. The van der Waals surface area contributed by atoms with Crippen LogP contribution in [0.4, 0.5) is 8.78 Å².